The van der Waals surface area contributed by atoms with Crippen LogP contribution < -0.4 is 25.1 Å². The second kappa shape index (κ2) is 8.15. The summed E-state index contributed by atoms with van der Waals surface area (Å²) in [7, 11) is 0. The predicted molar refractivity (Wildman–Crippen MR) is 125 cm³/mol. The van der Waals surface area contributed by atoms with Crippen LogP contribution in [0.3, 0.4) is 0 Å². The topological polar surface area (TPSA) is 83.7 Å². The number of benzene rings is 3. The number of carbonyl (C=O) groups excluding carboxylic acids is 1. The van der Waals surface area contributed by atoms with Crippen molar-refractivity contribution in [1.82, 2.24) is 9.36 Å². The summed E-state index contributed by atoms with van der Waals surface area (Å²) >= 11 is 0. The number of nitrogens with zero attached hydrogens (tertiary/aromatic N) is 2. The summed E-state index contributed by atoms with van der Waals surface area (Å²) in [6.45, 7) is 0.843. The molecule has 34 heavy (non-hydrogen) atoms. The van der Waals surface area contributed by atoms with Crippen LogP contribution in [-0.2, 0) is 17.8 Å². The summed E-state index contributed by atoms with van der Waals surface area (Å²) in [5.74, 6) is 1.99. The Bertz CT molecular complexity index is 1460. The standard InChI is InChI=1S/C26H21N3O5/c30-24(27-18-10-11-22-23(15-18)33-13-12-32-22)16-28-26-20(14-17-6-4-5-9-21(17)34-26)25(31)29(28)19-7-2-1-3-8-19/h1-11,15H,12-14,16H2,(H,27,30). The Hall–Kier alpha value is -4.46. The Balaban J connectivity index is 1.36. The van der Waals surface area contributed by atoms with E-state index in [0.717, 1.165) is 5.56 Å². The maximum atomic E-state index is 13.4. The number of hydrogen-bond donors (Lipinski definition) is 1. The maximum absolute atomic E-state index is 13.4. The third kappa shape index (κ3) is 3.49. The van der Waals surface area contributed by atoms with Crippen LogP contribution in [0.5, 0.6) is 23.1 Å². The van der Waals surface area contributed by atoms with Gasteiger partial charge in [-0.25, -0.2) is 9.36 Å². The molecule has 0 atom stereocenters. The van der Waals surface area contributed by atoms with Crippen molar-refractivity contribution in [3.8, 4) is 28.8 Å². The number of ether oxygens (including phenoxy) is 3. The minimum Gasteiger partial charge on any atom is -0.486 e. The van der Waals surface area contributed by atoms with E-state index in [2.05, 4.69) is 5.32 Å². The van der Waals surface area contributed by atoms with Crippen LogP contribution >= 0.6 is 0 Å². The zero-order valence-electron chi connectivity index (χ0n) is 18.2. The van der Waals surface area contributed by atoms with Gasteiger partial charge in [-0.2, -0.15) is 0 Å². The van der Waals surface area contributed by atoms with Crippen molar-refractivity contribution >= 4 is 11.6 Å². The molecule has 0 aliphatic carbocycles. The molecule has 0 spiro atoms. The number of nitrogens with one attached hydrogen (secondary N) is 1. The molecular formula is C26H21N3O5. The molecule has 0 unspecified atom stereocenters. The van der Waals surface area contributed by atoms with Gasteiger partial charge in [0.1, 0.15) is 25.5 Å². The van der Waals surface area contributed by atoms with Gasteiger partial charge in [0.05, 0.1) is 11.3 Å². The van der Waals surface area contributed by atoms with E-state index in [4.69, 9.17) is 14.2 Å². The van der Waals surface area contributed by atoms with E-state index in [1.165, 1.54) is 4.68 Å². The number of amides is 1. The Labute approximate surface area is 194 Å². The molecule has 2 aliphatic rings. The second-order valence-corrected chi connectivity index (χ2v) is 8.09. The zero-order chi connectivity index (χ0) is 23.1. The van der Waals surface area contributed by atoms with E-state index < -0.39 is 0 Å². The molecule has 1 aromatic heterocycles. The van der Waals surface area contributed by atoms with E-state index in [9.17, 15) is 9.59 Å². The first-order valence-electron chi connectivity index (χ1n) is 11.0. The van der Waals surface area contributed by atoms with E-state index in [1.807, 2.05) is 54.6 Å². The van der Waals surface area contributed by atoms with E-state index in [-0.39, 0.29) is 18.0 Å². The summed E-state index contributed by atoms with van der Waals surface area (Å²) < 4.78 is 20.4. The van der Waals surface area contributed by atoms with Crippen molar-refractivity contribution in [2.75, 3.05) is 18.5 Å². The molecule has 2 aliphatic heterocycles. The molecule has 3 heterocycles. The Morgan fingerprint density at radius 1 is 0.882 bits per heavy atom. The average Bonchev–Trinajstić information content (AvgIpc) is 3.13. The van der Waals surface area contributed by atoms with Gasteiger partial charge in [-0.3, -0.25) is 9.59 Å². The molecule has 0 saturated heterocycles. The van der Waals surface area contributed by atoms with Gasteiger partial charge < -0.3 is 19.5 Å². The lowest BCUT2D eigenvalue weighted by Crippen LogP contribution is -2.27. The predicted octanol–water partition coefficient (Wildman–Crippen LogP) is 3.75. The molecule has 8 heteroatoms. The molecule has 1 N–H and O–H groups in total. The molecule has 3 aromatic carbocycles. The third-order valence-corrected chi connectivity index (χ3v) is 5.85. The fourth-order valence-corrected chi connectivity index (χ4v) is 4.31. The van der Waals surface area contributed by atoms with Crippen molar-refractivity contribution in [3.05, 3.63) is 94.3 Å². The molecule has 0 bridgehead atoms. The van der Waals surface area contributed by atoms with Crippen LogP contribution in [-0.4, -0.2) is 28.5 Å². The quantitative estimate of drug-likeness (QED) is 0.446. The normalized spacial score (nSPS) is 13.4. The van der Waals surface area contributed by atoms with Crippen molar-refractivity contribution in [2.45, 2.75) is 13.0 Å². The molecule has 170 valence electrons. The molecule has 8 nitrogen and oxygen atoms in total. The zero-order valence-corrected chi connectivity index (χ0v) is 18.2. The van der Waals surface area contributed by atoms with E-state index in [1.54, 1.807) is 22.9 Å². The van der Waals surface area contributed by atoms with Gasteiger partial charge in [0, 0.05) is 18.2 Å². The van der Waals surface area contributed by atoms with Crippen molar-refractivity contribution in [2.24, 2.45) is 0 Å². The van der Waals surface area contributed by atoms with Crippen LogP contribution in [0.1, 0.15) is 11.1 Å². The minimum atomic E-state index is -0.304. The van der Waals surface area contributed by atoms with Gasteiger partial charge >= 0.3 is 0 Å². The van der Waals surface area contributed by atoms with Gasteiger partial charge in [-0.05, 0) is 35.9 Å². The smallest absolute Gasteiger partial charge is 0.278 e. The number of fused-ring (bicyclic) bond motifs is 3. The van der Waals surface area contributed by atoms with Gasteiger partial charge in [-0.15, -0.1) is 0 Å². The molecule has 0 saturated carbocycles. The summed E-state index contributed by atoms with van der Waals surface area (Å²) in [6, 6.07) is 22.1. The molecule has 0 radical (unpaired) electrons. The first-order valence-corrected chi connectivity index (χ1v) is 11.0. The Kier molecular flexibility index (Phi) is 4.83. The van der Waals surface area contributed by atoms with Crippen molar-refractivity contribution in [3.63, 3.8) is 0 Å². The van der Waals surface area contributed by atoms with Gasteiger partial charge in [0.15, 0.2) is 11.5 Å². The molecule has 6 rings (SSSR count). The van der Waals surface area contributed by atoms with Crippen LogP contribution in [0, 0.1) is 0 Å². The average molecular weight is 455 g/mol. The van der Waals surface area contributed by atoms with Gasteiger partial charge in [-0.1, -0.05) is 36.4 Å². The second-order valence-electron chi connectivity index (χ2n) is 8.09. The van der Waals surface area contributed by atoms with Gasteiger partial charge in [0.2, 0.25) is 11.8 Å². The number of aromatic nitrogens is 2. The fourth-order valence-electron chi connectivity index (χ4n) is 4.31. The highest BCUT2D eigenvalue weighted by Gasteiger charge is 2.29. The van der Waals surface area contributed by atoms with E-state index >= 15 is 0 Å². The monoisotopic (exact) mass is 455 g/mol. The summed E-state index contributed by atoms with van der Waals surface area (Å²) in [5.41, 5.74) is 2.49. The number of anilines is 1. The van der Waals surface area contributed by atoms with Gasteiger partial charge in [0.25, 0.3) is 5.56 Å². The lowest BCUT2D eigenvalue weighted by molar-refractivity contribution is -0.117. The Morgan fingerprint density at radius 3 is 2.50 bits per heavy atom. The third-order valence-electron chi connectivity index (χ3n) is 5.85. The fraction of sp³-hybridized carbons (Fsp3) is 0.154. The molecule has 1 amide bonds. The van der Waals surface area contributed by atoms with Crippen LogP contribution in [0.15, 0.2) is 77.6 Å². The van der Waals surface area contributed by atoms with Crippen LogP contribution in [0.25, 0.3) is 5.69 Å². The number of carbonyl (C=O) groups is 1. The highest BCUT2D eigenvalue weighted by molar-refractivity contribution is 5.91. The highest BCUT2D eigenvalue weighted by Crippen LogP contribution is 2.36. The van der Waals surface area contributed by atoms with Crippen molar-refractivity contribution < 1.29 is 19.0 Å². The number of para-hydroxylation sites is 2. The molecule has 4 aromatic rings. The maximum Gasteiger partial charge on any atom is 0.278 e. The number of hydrogen-bond acceptors (Lipinski definition) is 5. The summed E-state index contributed by atoms with van der Waals surface area (Å²) in [4.78, 5) is 26.5. The highest BCUT2D eigenvalue weighted by atomic mass is 16.6. The SMILES string of the molecule is O=C(Cn1c2c(c(=O)n1-c1ccccc1)Cc1ccccc1O2)Nc1ccc2c(c1)OCCO2. The molecular weight excluding hydrogens is 434 g/mol. The number of rotatable bonds is 4. The Morgan fingerprint density at radius 2 is 1.65 bits per heavy atom. The first-order chi connectivity index (χ1) is 16.7. The molecule has 0 fully saturated rings. The minimum absolute atomic E-state index is 0.115. The lowest BCUT2D eigenvalue weighted by atomic mass is 10.0. The summed E-state index contributed by atoms with van der Waals surface area (Å²) in [5, 5.41) is 2.89. The summed E-state index contributed by atoms with van der Waals surface area (Å²) in [6.07, 6.45) is 0.438. The van der Waals surface area contributed by atoms with E-state index in [0.29, 0.717) is 59.7 Å². The first kappa shape index (κ1) is 20.2. The lowest BCUT2D eigenvalue weighted by Gasteiger charge is -2.20. The van der Waals surface area contributed by atoms with Crippen LogP contribution in [0.4, 0.5) is 5.69 Å². The van der Waals surface area contributed by atoms with Crippen molar-refractivity contribution in [1.29, 1.82) is 0 Å². The van der Waals surface area contributed by atoms with Crippen LogP contribution in [0.2, 0.25) is 0 Å². The largest absolute Gasteiger partial charge is 0.486 e.